The maximum Gasteiger partial charge on any atom is 0.261 e. The van der Waals surface area contributed by atoms with E-state index in [0.29, 0.717) is 18.1 Å². The molecule has 27 heavy (non-hydrogen) atoms. The van der Waals surface area contributed by atoms with E-state index in [1.807, 2.05) is 12.1 Å². The molecule has 0 amide bonds. The van der Waals surface area contributed by atoms with E-state index < -0.39 is 14.4 Å². The number of rotatable bonds is 8. The molecule has 0 spiro atoms. The van der Waals surface area contributed by atoms with Crippen molar-refractivity contribution < 1.29 is 9.53 Å². The van der Waals surface area contributed by atoms with E-state index in [1.165, 1.54) is 16.4 Å². The van der Waals surface area contributed by atoms with Crippen LogP contribution in [0.4, 0.5) is 0 Å². The Morgan fingerprint density at radius 3 is 1.96 bits per heavy atom. The summed E-state index contributed by atoms with van der Waals surface area (Å²) in [6.07, 6.45) is 2.87. The molecule has 0 radical (unpaired) electrons. The Balaban J connectivity index is 2.41. The topological polar surface area (TPSA) is 29.5 Å². The molecule has 0 saturated carbocycles. The number of halogens is 1. The summed E-state index contributed by atoms with van der Waals surface area (Å²) in [6.45, 7) is 10.8. The van der Waals surface area contributed by atoms with E-state index in [1.54, 1.807) is 6.08 Å². The molecule has 0 heterocycles. The fraction of sp³-hybridized carbons (Fsp3) is 0.304. The van der Waals surface area contributed by atoms with Crippen LogP contribution in [0.25, 0.3) is 0 Å². The average molecular weight is 401 g/mol. The lowest BCUT2D eigenvalue weighted by atomic mass is 10.2. The number of benzene rings is 2. The van der Waals surface area contributed by atoms with Crippen LogP contribution in [-0.2, 0) is 4.43 Å². The summed E-state index contributed by atoms with van der Waals surface area (Å²) in [5.41, 5.74) is 0. The molecule has 0 aromatic heterocycles. The first-order valence-corrected chi connectivity index (χ1v) is 11.5. The summed E-state index contributed by atoms with van der Waals surface area (Å²) < 4.78 is 6.76. The predicted molar refractivity (Wildman–Crippen MR) is 118 cm³/mol. The zero-order valence-corrected chi connectivity index (χ0v) is 18.1. The maximum atomic E-state index is 9.66. The second-order valence-electron chi connectivity index (χ2n) is 7.60. The van der Waals surface area contributed by atoms with Gasteiger partial charge < -0.3 is 9.53 Å². The van der Waals surface area contributed by atoms with Gasteiger partial charge in [-0.1, -0.05) is 99.1 Å². The van der Waals surface area contributed by atoms with Crippen molar-refractivity contribution >= 4 is 30.3 Å². The van der Waals surface area contributed by atoms with Gasteiger partial charge in [0.25, 0.3) is 8.32 Å². The van der Waals surface area contributed by atoms with Crippen LogP contribution in [0.15, 0.2) is 84.4 Å². The van der Waals surface area contributed by atoms with Crippen molar-refractivity contribution in [1.82, 2.24) is 0 Å². The molecule has 0 fully saturated rings. The molecule has 2 nitrogen and oxygen atoms in total. The molecule has 0 unspecified atom stereocenters. The van der Waals surface area contributed by atoms with Crippen molar-refractivity contribution in [3.05, 3.63) is 84.4 Å². The highest BCUT2D eigenvalue weighted by Gasteiger charge is 2.49. The molecule has 2 rings (SSSR count). The molecule has 0 aliphatic heterocycles. The molecule has 0 saturated heterocycles. The summed E-state index contributed by atoms with van der Waals surface area (Å²) in [6, 6.07) is 21.0. The standard InChI is InChI=1S/C23H29ClO2Si/c1-5-20(25)18-19(24)16-17-26-27(23(2,3)4,21-12-8-6-9-13-21)22-14-10-7-11-15-22/h5-15,18,20,25H,1,16-17H2,2-4H3/b19-18-/t20-/m1/s1. The Morgan fingerprint density at radius 2 is 1.56 bits per heavy atom. The van der Waals surface area contributed by atoms with Crippen LogP contribution in [-0.4, -0.2) is 26.1 Å². The Hall–Kier alpha value is -1.65. The zero-order chi connectivity index (χ0) is 19.9. The molecule has 0 aliphatic rings. The number of aliphatic hydroxyl groups excluding tert-OH is 1. The second-order valence-corrected chi connectivity index (χ2v) is 12.4. The summed E-state index contributed by atoms with van der Waals surface area (Å²) in [5, 5.41) is 12.7. The van der Waals surface area contributed by atoms with Crippen molar-refractivity contribution in [3.8, 4) is 0 Å². The molecule has 1 atom stereocenters. The first kappa shape index (κ1) is 21.6. The highest BCUT2D eigenvalue weighted by molar-refractivity contribution is 6.99. The van der Waals surface area contributed by atoms with Gasteiger partial charge in [0.05, 0.1) is 6.10 Å². The van der Waals surface area contributed by atoms with Crippen molar-refractivity contribution in [1.29, 1.82) is 0 Å². The SMILES string of the molecule is C=C[C@@H](O)/C=C(\Cl)CCO[Si](c1ccccc1)(c1ccccc1)C(C)(C)C. The Bertz CT molecular complexity index is 711. The fourth-order valence-electron chi connectivity index (χ4n) is 3.40. The average Bonchev–Trinajstić information content (AvgIpc) is 2.65. The van der Waals surface area contributed by atoms with Crippen molar-refractivity contribution in [2.75, 3.05) is 6.61 Å². The minimum Gasteiger partial charge on any atom is -0.407 e. The van der Waals surface area contributed by atoms with Gasteiger partial charge in [-0.2, -0.15) is 0 Å². The van der Waals surface area contributed by atoms with Crippen molar-refractivity contribution in [3.63, 3.8) is 0 Å². The second kappa shape index (κ2) is 9.51. The van der Waals surface area contributed by atoms with E-state index in [2.05, 4.69) is 75.9 Å². The third-order valence-corrected chi connectivity index (χ3v) is 10.0. The van der Waals surface area contributed by atoms with Gasteiger partial charge in [-0.25, -0.2) is 0 Å². The number of hydrogen-bond acceptors (Lipinski definition) is 2. The quantitative estimate of drug-likeness (QED) is 0.517. The predicted octanol–water partition coefficient (Wildman–Crippen LogP) is 4.62. The lowest BCUT2D eigenvalue weighted by Crippen LogP contribution is -2.66. The number of hydrogen-bond donors (Lipinski definition) is 1. The van der Waals surface area contributed by atoms with Gasteiger partial charge in [-0.3, -0.25) is 0 Å². The van der Waals surface area contributed by atoms with Crippen molar-refractivity contribution in [2.24, 2.45) is 0 Å². The lowest BCUT2D eigenvalue weighted by molar-refractivity contribution is 0.270. The van der Waals surface area contributed by atoms with Crippen LogP contribution in [0.3, 0.4) is 0 Å². The summed E-state index contributed by atoms with van der Waals surface area (Å²) in [5.74, 6) is 0. The first-order chi connectivity index (χ1) is 12.8. The van der Waals surface area contributed by atoms with Crippen LogP contribution in [0, 0.1) is 0 Å². The minimum atomic E-state index is -2.53. The van der Waals surface area contributed by atoms with Gasteiger partial charge in [0.15, 0.2) is 0 Å². The van der Waals surface area contributed by atoms with Crippen molar-refractivity contribution in [2.45, 2.75) is 38.3 Å². The molecular formula is C23H29ClO2Si. The summed E-state index contributed by atoms with van der Waals surface area (Å²) >= 11 is 6.28. The summed E-state index contributed by atoms with van der Waals surface area (Å²) in [4.78, 5) is 0. The first-order valence-electron chi connectivity index (χ1n) is 9.23. The monoisotopic (exact) mass is 400 g/mol. The van der Waals surface area contributed by atoms with Crippen LogP contribution >= 0.6 is 11.6 Å². The lowest BCUT2D eigenvalue weighted by Gasteiger charge is -2.43. The molecule has 144 valence electrons. The fourth-order valence-corrected chi connectivity index (χ4v) is 8.17. The van der Waals surface area contributed by atoms with Gasteiger partial charge in [-0.15, -0.1) is 6.58 Å². The molecule has 2 aromatic rings. The smallest absolute Gasteiger partial charge is 0.261 e. The molecular weight excluding hydrogens is 372 g/mol. The largest absolute Gasteiger partial charge is 0.407 e. The Morgan fingerprint density at radius 1 is 1.07 bits per heavy atom. The normalized spacial score (nSPS) is 14.0. The van der Waals surface area contributed by atoms with E-state index in [4.69, 9.17) is 16.0 Å². The maximum absolute atomic E-state index is 9.66. The third-order valence-electron chi connectivity index (χ3n) is 4.67. The Kier molecular flexibility index (Phi) is 7.63. The molecule has 1 N–H and O–H groups in total. The van der Waals surface area contributed by atoms with Gasteiger partial charge in [-0.05, 0) is 21.5 Å². The van der Waals surface area contributed by atoms with Crippen LogP contribution < -0.4 is 10.4 Å². The third kappa shape index (κ3) is 5.20. The molecule has 4 heteroatoms. The minimum absolute atomic E-state index is 0.0630. The van der Waals surface area contributed by atoms with E-state index in [-0.39, 0.29) is 5.04 Å². The van der Waals surface area contributed by atoms with Gasteiger partial charge in [0.1, 0.15) is 0 Å². The van der Waals surface area contributed by atoms with Gasteiger partial charge in [0, 0.05) is 18.1 Å². The molecule has 0 bridgehead atoms. The van der Waals surface area contributed by atoms with Crippen LogP contribution in [0.5, 0.6) is 0 Å². The highest BCUT2D eigenvalue weighted by Crippen LogP contribution is 2.37. The van der Waals surface area contributed by atoms with E-state index in [0.717, 1.165) is 0 Å². The molecule has 2 aromatic carbocycles. The summed E-state index contributed by atoms with van der Waals surface area (Å²) in [7, 11) is -2.53. The Labute approximate surface area is 169 Å². The van der Waals surface area contributed by atoms with Gasteiger partial charge in [0.2, 0.25) is 0 Å². The molecule has 0 aliphatic carbocycles. The van der Waals surface area contributed by atoms with Crippen LogP contribution in [0.1, 0.15) is 27.2 Å². The highest BCUT2D eigenvalue weighted by atomic mass is 35.5. The van der Waals surface area contributed by atoms with E-state index in [9.17, 15) is 5.11 Å². The zero-order valence-electron chi connectivity index (χ0n) is 16.4. The number of aliphatic hydroxyl groups is 1. The van der Waals surface area contributed by atoms with E-state index >= 15 is 0 Å². The van der Waals surface area contributed by atoms with Crippen LogP contribution in [0.2, 0.25) is 5.04 Å². The van der Waals surface area contributed by atoms with Gasteiger partial charge >= 0.3 is 0 Å².